The van der Waals surface area contributed by atoms with Gasteiger partial charge in [-0.25, -0.2) is 0 Å². The first-order chi connectivity index (χ1) is 8.90. The Kier molecular flexibility index (Phi) is 3.48. The molecule has 4 N–H and O–H groups in total. The molecule has 5 heteroatoms. The van der Waals surface area contributed by atoms with Crippen LogP contribution in [0, 0.1) is 0 Å². The summed E-state index contributed by atoms with van der Waals surface area (Å²) in [5, 5.41) is 19.5. The summed E-state index contributed by atoms with van der Waals surface area (Å²) in [4.78, 5) is 10.8. The van der Waals surface area contributed by atoms with Gasteiger partial charge in [-0.3, -0.25) is 4.79 Å². The highest BCUT2D eigenvalue weighted by molar-refractivity contribution is 5.85. The van der Waals surface area contributed by atoms with Crippen molar-refractivity contribution in [3.05, 3.63) is 35.5 Å². The number of carbonyl (C=O) groups is 1. The minimum atomic E-state index is -1.04. The highest BCUT2D eigenvalue weighted by Crippen LogP contribution is 2.26. The lowest BCUT2D eigenvalue weighted by atomic mass is 9.99. The van der Waals surface area contributed by atoms with Crippen LogP contribution in [0.1, 0.15) is 30.9 Å². The highest BCUT2D eigenvalue weighted by atomic mass is 16.5. The van der Waals surface area contributed by atoms with Crippen LogP contribution in [-0.2, 0) is 11.2 Å². The molecule has 1 atom stereocenters. The van der Waals surface area contributed by atoms with Crippen LogP contribution in [0.4, 0.5) is 0 Å². The fourth-order valence-electron chi connectivity index (χ4n) is 2.14. The smallest absolute Gasteiger partial charge is 0.320 e. The molecule has 0 radical (unpaired) electrons. The Bertz CT molecular complexity index is 616. The number of hydrogen-bond acceptors (Lipinski definition) is 3. The number of aliphatic carboxylic acids is 1. The molecule has 0 fully saturated rings. The third-order valence-electron chi connectivity index (χ3n) is 3.32. The Morgan fingerprint density at radius 1 is 1.42 bits per heavy atom. The number of nitrogens with zero attached hydrogens (tertiary/aromatic N) is 1. The summed E-state index contributed by atoms with van der Waals surface area (Å²) in [5.74, 6) is -0.675. The van der Waals surface area contributed by atoms with E-state index < -0.39 is 12.0 Å². The van der Waals surface area contributed by atoms with Crippen LogP contribution in [0.3, 0.4) is 0 Å². The molecule has 1 aromatic carbocycles. The Labute approximate surface area is 111 Å². The first-order valence-electron chi connectivity index (χ1n) is 6.21. The fraction of sp³-hybridized carbons (Fsp3) is 0.357. The molecule has 0 aliphatic carbocycles. The molecule has 102 valence electrons. The van der Waals surface area contributed by atoms with Crippen molar-refractivity contribution in [3.8, 4) is 0 Å². The van der Waals surface area contributed by atoms with E-state index in [1.54, 1.807) is 0 Å². The highest BCUT2D eigenvalue weighted by Gasteiger charge is 2.17. The van der Waals surface area contributed by atoms with Crippen molar-refractivity contribution in [2.24, 2.45) is 5.73 Å². The van der Waals surface area contributed by atoms with E-state index in [9.17, 15) is 10.0 Å². The first-order valence-corrected chi connectivity index (χ1v) is 6.21. The van der Waals surface area contributed by atoms with E-state index in [1.807, 2.05) is 18.2 Å². The molecule has 0 spiro atoms. The third-order valence-corrected chi connectivity index (χ3v) is 3.32. The van der Waals surface area contributed by atoms with Crippen molar-refractivity contribution >= 4 is 16.9 Å². The number of carboxylic acids is 1. The number of rotatable bonds is 4. The second-order valence-corrected chi connectivity index (χ2v) is 5.08. The second kappa shape index (κ2) is 4.93. The van der Waals surface area contributed by atoms with Gasteiger partial charge in [0.2, 0.25) is 0 Å². The molecule has 5 nitrogen and oxygen atoms in total. The maximum absolute atomic E-state index is 10.8. The maximum atomic E-state index is 10.8. The summed E-state index contributed by atoms with van der Waals surface area (Å²) in [6.45, 7) is 4.17. The SMILES string of the molecule is CC(C)c1ccc2c(c1)c(CC(N)C(=O)O)cn2O. The molecule has 0 saturated heterocycles. The van der Waals surface area contributed by atoms with Gasteiger partial charge in [-0.1, -0.05) is 19.9 Å². The van der Waals surface area contributed by atoms with Crippen LogP contribution in [0.25, 0.3) is 10.9 Å². The summed E-state index contributed by atoms with van der Waals surface area (Å²) < 4.78 is 1.02. The molecule has 19 heavy (non-hydrogen) atoms. The zero-order valence-corrected chi connectivity index (χ0v) is 11.0. The van der Waals surface area contributed by atoms with E-state index >= 15 is 0 Å². The molecule has 0 aliphatic rings. The molecule has 2 rings (SSSR count). The number of aromatic nitrogens is 1. The van der Waals surface area contributed by atoms with Crippen LogP contribution in [0.2, 0.25) is 0 Å². The van der Waals surface area contributed by atoms with E-state index in [1.165, 1.54) is 6.20 Å². The average Bonchev–Trinajstić information content (AvgIpc) is 2.65. The number of benzene rings is 1. The first kappa shape index (κ1) is 13.4. The van der Waals surface area contributed by atoms with Crippen LogP contribution in [0.15, 0.2) is 24.4 Å². The second-order valence-electron chi connectivity index (χ2n) is 5.08. The fourth-order valence-corrected chi connectivity index (χ4v) is 2.14. The molecular formula is C14H18N2O3. The Morgan fingerprint density at radius 3 is 2.68 bits per heavy atom. The van der Waals surface area contributed by atoms with Gasteiger partial charge in [0, 0.05) is 18.0 Å². The van der Waals surface area contributed by atoms with Crippen LogP contribution in [-0.4, -0.2) is 27.1 Å². The zero-order valence-electron chi connectivity index (χ0n) is 11.0. The van der Waals surface area contributed by atoms with E-state index in [4.69, 9.17) is 10.8 Å². The number of carboxylic acid groups (broad SMARTS) is 1. The number of fused-ring (bicyclic) bond motifs is 1. The lowest BCUT2D eigenvalue weighted by Crippen LogP contribution is -2.32. The van der Waals surface area contributed by atoms with Gasteiger partial charge in [0.05, 0.1) is 5.52 Å². The quantitative estimate of drug-likeness (QED) is 0.735. The van der Waals surface area contributed by atoms with Crippen molar-refractivity contribution < 1.29 is 15.1 Å². The Balaban J connectivity index is 2.48. The summed E-state index contributed by atoms with van der Waals surface area (Å²) in [7, 11) is 0. The van der Waals surface area contributed by atoms with Crippen LogP contribution < -0.4 is 5.73 Å². The largest absolute Gasteiger partial charge is 0.480 e. The summed E-state index contributed by atoms with van der Waals surface area (Å²) in [5.41, 5.74) is 8.11. The normalized spacial score (nSPS) is 13.1. The molecule has 1 aromatic heterocycles. The van der Waals surface area contributed by atoms with E-state index in [0.717, 1.165) is 21.2 Å². The predicted molar refractivity (Wildman–Crippen MR) is 72.5 cm³/mol. The molecular weight excluding hydrogens is 244 g/mol. The van der Waals surface area contributed by atoms with Gasteiger partial charge in [-0.2, -0.15) is 4.73 Å². The number of hydrogen-bond donors (Lipinski definition) is 3. The van der Waals surface area contributed by atoms with Gasteiger partial charge >= 0.3 is 5.97 Å². The minimum absolute atomic E-state index is 0.195. The molecule has 0 aliphatic heterocycles. The van der Waals surface area contributed by atoms with Crippen molar-refractivity contribution in [3.63, 3.8) is 0 Å². The monoisotopic (exact) mass is 262 g/mol. The van der Waals surface area contributed by atoms with Gasteiger partial charge in [0.15, 0.2) is 0 Å². The van der Waals surface area contributed by atoms with Gasteiger partial charge in [0.25, 0.3) is 0 Å². The van der Waals surface area contributed by atoms with Crippen LogP contribution >= 0.6 is 0 Å². The predicted octanol–water partition coefficient (Wildman–Crippen LogP) is 1.96. The average molecular weight is 262 g/mol. The number of nitrogens with two attached hydrogens (primary N) is 1. The van der Waals surface area contributed by atoms with Crippen molar-refractivity contribution in [2.75, 3.05) is 0 Å². The van der Waals surface area contributed by atoms with Crippen molar-refractivity contribution in [2.45, 2.75) is 32.2 Å². The van der Waals surface area contributed by atoms with E-state index in [-0.39, 0.29) is 6.42 Å². The van der Waals surface area contributed by atoms with Gasteiger partial charge in [-0.05, 0) is 29.2 Å². The molecule has 0 saturated carbocycles. The zero-order chi connectivity index (χ0) is 14.2. The maximum Gasteiger partial charge on any atom is 0.320 e. The Hall–Kier alpha value is -2.01. The van der Waals surface area contributed by atoms with E-state index in [2.05, 4.69) is 13.8 Å². The van der Waals surface area contributed by atoms with Gasteiger partial charge in [0.1, 0.15) is 6.04 Å². The summed E-state index contributed by atoms with van der Waals surface area (Å²) in [6, 6.07) is 4.81. The molecule has 0 bridgehead atoms. The standard InChI is InChI=1S/C14H18N2O3/c1-8(2)9-3-4-13-11(5-9)10(7-16(13)19)6-12(15)14(17)18/h3-5,7-8,12,19H,6,15H2,1-2H3,(H,17,18). The molecule has 1 unspecified atom stereocenters. The molecule has 2 aromatic rings. The van der Waals surface area contributed by atoms with Crippen molar-refractivity contribution in [1.29, 1.82) is 0 Å². The topological polar surface area (TPSA) is 88.5 Å². The minimum Gasteiger partial charge on any atom is -0.480 e. The van der Waals surface area contributed by atoms with Crippen molar-refractivity contribution in [1.82, 2.24) is 4.73 Å². The van der Waals surface area contributed by atoms with Gasteiger partial charge < -0.3 is 16.0 Å². The lowest BCUT2D eigenvalue weighted by molar-refractivity contribution is -0.138. The lowest BCUT2D eigenvalue weighted by Gasteiger charge is -2.07. The molecule has 1 heterocycles. The van der Waals surface area contributed by atoms with Crippen LogP contribution in [0.5, 0.6) is 0 Å². The summed E-state index contributed by atoms with van der Waals surface area (Å²) in [6.07, 6.45) is 1.72. The summed E-state index contributed by atoms with van der Waals surface area (Å²) >= 11 is 0. The Morgan fingerprint density at radius 2 is 2.11 bits per heavy atom. The van der Waals surface area contributed by atoms with Gasteiger partial charge in [-0.15, -0.1) is 0 Å². The third kappa shape index (κ3) is 2.56. The molecule has 0 amide bonds. The van der Waals surface area contributed by atoms with E-state index in [0.29, 0.717) is 11.4 Å².